The largest absolute Gasteiger partial charge is 0.482 e. The third-order valence-electron chi connectivity index (χ3n) is 4.37. The molecule has 25 heavy (non-hydrogen) atoms. The topological polar surface area (TPSA) is 66.9 Å². The van der Waals surface area contributed by atoms with Crippen LogP contribution in [0.4, 0.5) is 5.69 Å². The standard InChI is InChI=1S/C19H26N2O4/c1-4-6-10-20(5-2)18(23)9-11-21-16-12-15(14(3)22)7-8-17(16)25-13-19(21)24/h7-8,12H,4-6,9-11,13H2,1-3H3. The molecule has 0 saturated carbocycles. The zero-order valence-electron chi connectivity index (χ0n) is 15.2. The molecule has 6 nitrogen and oxygen atoms in total. The van der Waals surface area contributed by atoms with E-state index in [4.69, 9.17) is 4.74 Å². The van der Waals surface area contributed by atoms with Gasteiger partial charge in [0.05, 0.1) is 5.69 Å². The van der Waals surface area contributed by atoms with Crippen molar-refractivity contribution in [3.63, 3.8) is 0 Å². The molecule has 0 radical (unpaired) electrons. The molecule has 136 valence electrons. The lowest BCUT2D eigenvalue weighted by atomic mass is 10.1. The Bertz CT molecular complexity index is 657. The van der Waals surface area contributed by atoms with Gasteiger partial charge in [-0.2, -0.15) is 0 Å². The molecule has 0 bridgehead atoms. The minimum Gasteiger partial charge on any atom is -0.482 e. The molecule has 0 N–H and O–H groups in total. The molecule has 1 aromatic carbocycles. The molecule has 1 aliphatic heterocycles. The van der Waals surface area contributed by atoms with E-state index in [1.807, 2.05) is 11.8 Å². The molecule has 1 aromatic rings. The first-order chi connectivity index (χ1) is 12.0. The van der Waals surface area contributed by atoms with Crippen LogP contribution in [0.25, 0.3) is 0 Å². The van der Waals surface area contributed by atoms with Crippen molar-refractivity contribution in [2.24, 2.45) is 0 Å². The van der Waals surface area contributed by atoms with E-state index >= 15 is 0 Å². The molecule has 1 aliphatic rings. The van der Waals surface area contributed by atoms with Crippen molar-refractivity contribution in [2.75, 3.05) is 31.1 Å². The number of nitrogens with zero attached hydrogens (tertiary/aromatic N) is 2. The summed E-state index contributed by atoms with van der Waals surface area (Å²) < 4.78 is 5.43. The van der Waals surface area contributed by atoms with Crippen LogP contribution >= 0.6 is 0 Å². The molecule has 0 saturated heterocycles. The van der Waals surface area contributed by atoms with E-state index in [0.29, 0.717) is 23.5 Å². The van der Waals surface area contributed by atoms with Gasteiger partial charge in [0.25, 0.3) is 5.91 Å². The highest BCUT2D eigenvalue weighted by molar-refractivity contribution is 6.01. The molecule has 0 fully saturated rings. The first-order valence-corrected chi connectivity index (χ1v) is 8.83. The van der Waals surface area contributed by atoms with Gasteiger partial charge in [-0.05, 0) is 38.5 Å². The van der Waals surface area contributed by atoms with Crippen molar-refractivity contribution >= 4 is 23.3 Å². The summed E-state index contributed by atoms with van der Waals surface area (Å²) in [4.78, 5) is 39.7. The van der Waals surface area contributed by atoms with Gasteiger partial charge in [0.1, 0.15) is 5.75 Å². The SMILES string of the molecule is CCCCN(CC)C(=O)CCN1C(=O)COc2ccc(C(C)=O)cc21. The number of anilines is 1. The predicted octanol–water partition coefficient (Wildman–Crippen LogP) is 2.65. The Balaban J connectivity index is 2.11. The van der Waals surface area contributed by atoms with Crippen molar-refractivity contribution in [2.45, 2.75) is 40.0 Å². The van der Waals surface area contributed by atoms with Crippen LogP contribution in [0.3, 0.4) is 0 Å². The number of carbonyl (C=O) groups is 3. The fourth-order valence-electron chi connectivity index (χ4n) is 2.84. The van der Waals surface area contributed by atoms with Crippen molar-refractivity contribution in [3.8, 4) is 5.75 Å². The van der Waals surface area contributed by atoms with Crippen molar-refractivity contribution in [1.29, 1.82) is 0 Å². The number of fused-ring (bicyclic) bond motifs is 1. The van der Waals surface area contributed by atoms with Crippen molar-refractivity contribution in [1.82, 2.24) is 4.90 Å². The lowest BCUT2D eigenvalue weighted by Gasteiger charge is -2.30. The number of hydrogen-bond acceptors (Lipinski definition) is 4. The minimum absolute atomic E-state index is 0.0412. The van der Waals surface area contributed by atoms with E-state index in [2.05, 4.69) is 6.92 Å². The molecule has 0 unspecified atom stereocenters. The lowest BCUT2D eigenvalue weighted by Crippen LogP contribution is -2.42. The zero-order chi connectivity index (χ0) is 18.4. The van der Waals surface area contributed by atoms with Crippen LogP contribution in [-0.2, 0) is 9.59 Å². The second-order valence-corrected chi connectivity index (χ2v) is 6.15. The molecule has 0 spiro atoms. The molecule has 2 rings (SSSR count). The Morgan fingerprint density at radius 1 is 1.28 bits per heavy atom. The quantitative estimate of drug-likeness (QED) is 0.679. The van der Waals surface area contributed by atoms with Crippen molar-refractivity contribution in [3.05, 3.63) is 23.8 Å². The van der Waals surface area contributed by atoms with Crippen LogP contribution in [0, 0.1) is 0 Å². The Morgan fingerprint density at radius 2 is 2.04 bits per heavy atom. The Labute approximate surface area is 148 Å². The van der Waals surface area contributed by atoms with Gasteiger partial charge in [-0.25, -0.2) is 0 Å². The van der Waals surface area contributed by atoms with Gasteiger partial charge in [-0.15, -0.1) is 0 Å². The number of benzene rings is 1. The van der Waals surface area contributed by atoms with Gasteiger partial charge >= 0.3 is 0 Å². The maximum absolute atomic E-state index is 12.4. The highest BCUT2D eigenvalue weighted by Gasteiger charge is 2.27. The third kappa shape index (κ3) is 4.59. The third-order valence-corrected chi connectivity index (χ3v) is 4.37. The summed E-state index contributed by atoms with van der Waals surface area (Å²) in [6.07, 6.45) is 2.26. The molecule has 6 heteroatoms. The van der Waals surface area contributed by atoms with E-state index in [0.717, 1.165) is 19.4 Å². The predicted molar refractivity (Wildman–Crippen MR) is 96.1 cm³/mol. The van der Waals surface area contributed by atoms with Gasteiger partial charge in [0.15, 0.2) is 12.4 Å². The molecular weight excluding hydrogens is 320 g/mol. The van der Waals surface area contributed by atoms with Gasteiger partial charge in [0.2, 0.25) is 5.91 Å². The van der Waals surface area contributed by atoms with Crippen LogP contribution < -0.4 is 9.64 Å². The number of carbonyl (C=O) groups excluding carboxylic acids is 3. The summed E-state index contributed by atoms with van der Waals surface area (Å²) in [5.74, 6) is 0.334. The molecule has 1 heterocycles. The van der Waals surface area contributed by atoms with Crippen molar-refractivity contribution < 1.29 is 19.1 Å². The molecule has 0 aromatic heterocycles. The molecular formula is C19H26N2O4. The fourth-order valence-corrected chi connectivity index (χ4v) is 2.84. The van der Waals surface area contributed by atoms with Crippen LogP contribution in [0.1, 0.15) is 50.4 Å². The zero-order valence-corrected chi connectivity index (χ0v) is 15.2. The van der Waals surface area contributed by atoms with Gasteiger partial charge in [-0.1, -0.05) is 13.3 Å². The number of ketones is 1. The van der Waals surface area contributed by atoms with Gasteiger partial charge in [-0.3, -0.25) is 14.4 Å². The first-order valence-electron chi connectivity index (χ1n) is 8.83. The summed E-state index contributed by atoms with van der Waals surface area (Å²) in [7, 11) is 0. The van der Waals surface area contributed by atoms with Crippen LogP contribution in [0.2, 0.25) is 0 Å². The summed E-state index contributed by atoms with van der Waals surface area (Å²) in [6, 6.07) is 5.05. The van der Waals surface area contributed by atoms with E-state index < -0.39 is 0 Å². The average molecular weight is 346 g/mol. The average Bonchev–Trinajstić information content (AvgIpc) is 2.60. The number of amides is 2. The Kier molecular flexibility index (Phi) is 6.56. The highest BCUT2D eigenvalue weighted by Crippen LogP contribution is 2.33. The summed E-state index contributed by atoms with van der Waals surface area (Å²) in [5, 5.41) is 0. The van der Waals surface area contributed by atoms with Crippen LogP contribution in [-0.4, -0.2) is 48.7 Å². The van der Waals surface area contributed by atoms with Gasteiger partial charge < -0.3 is 14.5 Å². The highest BCUT2D eigenvalue weighted by atomic mass is 16.5. The Morgan fingerprint density at radius 3 is 2.68 bits per heavy atom. The minimum atomic E-state index is -0.197. The number of unbranched alkanes of at least 4 members (excludes halogenated alkanes) is 1. The first kappa shape index (κ1) is 19.0. The number of ether oxygens (including phenoxy) is 1. The van der Waals surface area contributed by atoms with Gasteiger partial charge in [0, 0.05) is 31.6 Å². The smallest absolute Gasteiger partial charge is 0.265 e. The van der Waals surface area contributed by atoms with E-state index in [9.17, 15) is 14.4 Å². The second-order valence-electron chi connectivity index (χ2n) is 6.15. The summed E-state index contributed by atoms with van der Waals surface area (Å²) in [5.41, 5.74) is 1.08. The molecule has 0 aliphatic carbocycles. The Hall–Kier alpha value is -2.37. The number of hydrogen-bond donors (Lipinski definition) is 0. The summed E-state index contributed by atoms with van der Waals surface area (Å²) >= 11 is 0. The maximum Gasteiger partial charge on any atom is 0.265 e. The maximum atomic E-state index is 12.4. The number of Topliss-reactive ketones (excluding diaryl/α,β-unsaturated/α-hetero) is 1. The normalized spacial score (nSPS) is 13.2. The van der Waals surface area contributed by atoms with Crippen LogP contribution in [0.5, 0.6) is 5.75 Å². The lowest BCUT2D eigenvalue weighted by molar-refractivity contribution is -0.131. The second kappa shape index (κ2) is 8.65. The van der Waals surface area contributed by atoms with E-state index in [-0.39, 0.29) is 37.2 Å². The van der Waals surface area contributed by atoms with E-state index in [1.54, 1.807) is 23.1 Å². The monoisotopic (exact) mass is 346 g/mol. The number of rotatable bonds is 8. The van der Waals surface area contributed by atoms with Crippen LogP contribution in [0.15, 0.2) is 18.2 Å². The fraction of sp³-hybridized carbons (Fsp3) is 0.526. The molecule has 2 amide bonds. The molecule has 0 atom stereocenters. The summed E-state index contributed by atoms with van der Waals surface area (Å²) in [6.45, 7) is 7.19. The van der Waals surface area contributed by atoms with E-state index in [1.165, 1.54) is 6.92 Å².